The average molecular weight is 301 g/mol. The number of carbonyl (C=O) groups excluding carboxylic acids is 1. The molecule has 0 bridgehead atoms. The molecule has 2 N–H and O–H groups in total. The molecule has 2 aromatic rings. The largest absolute Gasteiger partial charge is 0.394 e. The van der Waals surface area contributed by atoms with E-state index in [1.165, 1.54) is 16.9 Å². The summed E-state index contributed by atoms with van der Waals surface area (Å²) in [5.41, 5.74) is 2.44. The van der Waals surface area contributed by atoms with Gasteiger partial charge in [-0.3, -0.25) is 4.79 Å². The predicted octanol–water partition coefficient (Wildman–Crippen LogP) is 2.57. The molecule has 1 amide bonds. The summed E-state index contributed by atoms with van der Waals surface area (Å²) in [6.07, 6.45) is 4.04. The lowest BCUT2D eigenvalue weighted by Crippen LogP contribution is -2.38. The van der Waals surface area contributed by atoms with Crippen molar-refractivity contribution < 1.29 is 9.90 Å². The molecule has 0 radical (unpaired) electrons. The monoisotopic (exact) mass is 301 g/mol. The topological polar surface area (TPSA) is 49.3 Å². The molecule has 21 heavy (non-hydrogen) atoms. The molecule has 0 aliphatic heterocycles. The zero-order chi connectivity index (χ0) is 14.7. The van der Waals surface area contributed by atoms with E-state index in [0.29, 0.717) is 6.42 Å². The highest BCUT2D eigenvalue weighted by molar-refractivity contribution is 7.14. The quantitative estimate of drug-likeness (QED) is 0.892. The zero-order valence-electron chi connectivity index (χ0n) is 11.8. The molecule has 1 aromatic carbocycles. The van der Waals surface area contributed by atoms with Crippen LogP contribution in [-0.4, -0.2) is 23.7 Å². The van der Waals surface area contributed by atoms with Crippen LogP contribution in [0.4, 0.5) is 0 Å². The molecular formula is C17H19NO2S. The van der Waals surface area contributed by atoms with Crippen LogP contribution in [-0.2, 0) is 19.3 Å². The van der Waals surface area contributed by atoms with Crippen LogP contribution < -0.4 is 5.32 Å². The van der Waals surface area contributed by atoms with Crippen molar-refractivity contribution in [1.29, 1.82) is 0 Å². The van der Waals surface area contributed by atoms with Crippen molar-refractivity contribution in [2.75, 3.05) is 6.61 Å². The van der Waals surface area contributed by atoms with E-state index in [4.69, 9.17) is 0 Å². The van der Waals surface area contributed by atoms with Gasteiger partial charge < -0.3 is 10.4 Å². The van der Waals surface area contributed by atoms with Crippen LogP contribution in [0.25, 0.3) is 0 Å². The number of thiophene rings is 1. The summed E-state index contributed by atoms with van der Waals surface area (Å²) in [6, 6.07) is 11.7. The third-order valence-corrected chi connectivity index (χ3v) is 5.09. The molecular weight excluding hydrogens is 282 g/mol. The van der Waals surface area contributed by atoms with Gasteiger partial charge in [-0.1, -0.05) is 30.3 Å². The molecule has 0 saturated carbocycles. The van der Waals surface area contributed by atoms with Crippen molar-refractivity contribution in [2.45, 2.75) is 31.7 Å². The number of aliphatic hydroxyl groups is 1. The lowest BCUT2D eigenvalue weighted by molar-refractivity contribution is 0.0920. The molecule has 1 aliphatic carbocycles. The van der Waals surface area contributed by atoms with Gasteiger partial charge >= 0.3 is 0 Å². The van der Waals surface area contributed by atoms with Crippen LogP contribution in [0.1, 0.15) is 32.1 Å². The Balaban J connectivity index is 1.64. The van der Waals surface area contributed by atoms with Gasteiger partial charge in [-0.15, -0.1) is 11.3 Å². The van der Waals surface area contributed by atoms with Crippen LogP contribution in [0.3, 0.4) is 0 Å². The highest BCUT2D eigenvalue weighted by Gasteiger charge is 2.20. The summed E-state index contributed by atoms with van der Waals surface area (Å²) >= 11 is 1.60. The SMILES string of the molecule is O=C(N[C@@H](CO)Cc1ccccc1)c1cc2c(s1)CCC2. The summed E-state index contributed by atoms with van der Waals surface area (Å²) in [6.45, 7) is -0.0499. The van der Waals surface area contributed by atoms with Gasteiger partial charge in [0.15, 0.2) is 0 Å². The number of hydrogen-bond acceptors (Lipinski definition) is 3. The summed E-state index contributed by atoms with van der Waals surface area (Å²) in [5, 5.41) is 12.4. The van der Waals surface area contributed by atoms with Crippen molar-refractivity contribution in [3.8, 4) is 0 Å². The molecule has 1 heterocycles. The third kappa shape index (κ3) is 3.34. The van der Waals surface area contributed by atoms with E-state index in [9.17, 15) is 9.90 Å². The summed E-state index contributed by atoms with van der Waals surface area (Å²) in [7, 11) is 0. The molecule has 3 nitrogen and oxygen atoms in total. The van der Waals surface area contributed by atoms with Gasteiger partial charge in [0.05, 0.1) is 17.5 Å². The Morgan fingerprint density at radius 2 is 2.10 bits per heavy atom. The highest BCUT2D eigenvalue weighted by atomic mass is 32.1. The smallest absolute Gasteiger partial charge is 0.261 e. The number of aliphatic hydroxyl groups excluding tert-OH is 1. The van der Waals surface area contributed by atoms with Crippen molar-refractivity contribution in [3.05, 3.63) is 57.3 Å². The van der Waals surface area contributed by atoms with E-state index in [1.54, 1.807) is 11.3 Å². The lowest BCUT2D eigenvalue weighted by Gasteiger charge is -2.15. The summed E-state index contributed by atoms with van der Waals surface area (Å²) in [4.78, 5) is 14.4. The number of rotatable bonds is 5. The zero-order valence-corrected chi connectivity index (χ0v) is 12.7. The van der Waals surface area contributed by atoms with Gasteiger partial charge in [0.25, 0.3) is 5.91 Å². The molecule has 1 aliphatic rings. The molecule has 0 unspecified atom stereocenters. The van der Waals surface area contributed by atoms with Gasteiger partial charge in [-0.05, 0) is 42.9 Å². The molecule has 0 saturated heterocycles. The van der Waals surface area contributed by atoms with Crippen LogP contribution >= 0.6 is 11.3 Å². The first-order valence-corrected chi connectivity index (χ1v) is 8.15. The predicted molar refractivity (Wildman–Crippen MR) is 84.8 cm³/mol. The maximum atomic E-state index is 12.3. The van der Waals surface area contributed by atoms with Gasteiger partial charge in [0.1, 0.15) is 0 Å². The summed E-state index contributed by atoms with van der Waals surface area (Å²) in [5.74, 6) is -0.0654. The van der Waals surface area contributed by atoms with Crippen molar-refractivity contribution in [1.82, 2.24) is 5.32 Å². The number of carbonyl (C=O) groups is 1. The minimum absolute atomic E-state index is 0.0499. The molecule has 0 spiro atoms. The van der Waals surface area contributed by atoms with E-state index in [1.807, 2.05) is 36.4 Å². The van der Waals surface area contributed by atoms with E-state index in [0.717, 1.165) is 23.3 Å². The first-order valence-electron chi connectivity index (χ1n) is 7.33. The Morgan fingerprint density at radius 3 is 2.81 bits per heavy atom. The number of aryl methyl sites for hydroxylation is 2. The van der Waals surface area contributed by atoms with E-state index in [-0.39, 0.29) is 18.6 Å². The number of hydrogen-bond donors (Lipinski definition) is 2. The molecule has 1 aromatic heterocycles. The molecule has 110 valence electrons. The fourth-order valence-electron chi connectivity index (χ4n) is 2.76. The van der Waals surface area contributed by atoms with E-state index in [2.05, 4.69) is 5.32 Å². The number of amides is 1. The van der Waals surface area contributed by atoms with E-state index >= 15 is 0 Å². The second-order valence-electron chi connectivity index (χ2n) is 5.46. The Morgan fingerprint density at radius 1 is 1.29 bits per heavy atom. The van der Waals surface area contributed by atoms with Crippen LogP contribution in [0, 0.1) is 0 Å². The van der Waals surface area contributed by atoms with Crippen molar-refractivity contribution in [3.63, 3.8) is 0 Å². The van der Waals surface area contributed by atoms with E-state index < -0.39 is 0 Å². The molecule has 0 fully saturated rings. The lowest BCUT2D eigenvalue weighted by atomic mass is 10.1. The average Bonchev–Trinajstić information content (AvgIpc) is 3.08. The highest BCUT2D eigenvalue weighted by Crippen LogP contribution is 2.30. The minimum Gasteiger partial charge on any atom is -0.394 e. The van der Waals surface area contributed by atoms with Gasteiger partial charge in [0, 0.05) is 4.88 Å². The summed E-state index contributed by atoms with van der Waals surface area (Å²) < 4.78 is 0. The second kappa shape index (κ2) is 6.41. The fourth-order valence-corrected chi connectivity index (χ4v) is 3.91. The Hall–Kier alpha value is -1.65. The van der Waals surface area contributed by atoms with Crippen molar-refractivity contribution >= 4 is 17.2 Å². The molecule has 1 atom stereocenters. The first-order chi connectivity index (χ1) is 10.3. The van der Waals surface area contributed by atoms with Gasteiger partial charge in [-0.2, -0.15) is 0 Å². The molecule has 4 heteroatoms. The number of nitrogens with one attached hydrogen (secondary N) is 1. The first kappa shape index (κ1) is 14.3. The fraction of sp³-hybridized carbons (Fsp3) is 0.353. The maximum Gasteiger partial charge on any atom is 0.261 e. The third-order valence-electron chi connectivity index (χ3n) is 3.85. The Bertz CT molecular complexity index is 599. The van der Waals surface area contributed by atoms with Gasteiger partial charge in [0.2, 0.25) is 0 Å². The van der Waals surface area contributed by atoms with Gasteiger partial charge in [-0.25, -0.2) is 0 Å². The normalized spacial score (nSPS) is 14.7. The van der Waals surface area contributed by atoms with Crippen LogP contribution in [0.15, 0.2) is 36.4 Å². The second-order valence-corrected chi connectivity index (χ2v) is 6.59. The van der Waals surface area contributed by atoms with Crippen LogP contribution in [0.5, 0.6) is 0 Å². The van der Waals surface area contributed by atoms with Crippen LogP contribution in [0.2, 0.25) is 0 Å². The maximum absolute atomic E-state index is 12.3. The Kier molecular flexibility index (Phi) is 4.36. The minimum atomic E-state index is -0.239. The van der Waals surface area contributed by atoms with Crippen molar-refractivity contribution in [2.24, 2.45) is 0 Å². The standard InChI is InChI=1S/C17H19NO2S/c19-11-14(9-12-5-2-1-3-6-12)18-17(20)16-10-13-7-4-8-15(13)21-16/h1-3,5-6,10,14,19H,4,7-9,11H2,(H,18,20)/t14-/m1/s1. The number of benzene rings is 1. The Labute approximate surface area is 128 Å². The molecule has 3 rings (SSSR count). The number of fused-ring (bicyclic) bond motifs is 1.